The van der Waals surface area contributed by atoms with Crippen molar-refractivity contribution in [3.63, 3.8) is 0 Å². The molecule has 0 unspecified atom stereocenters. The molecule has 0 aliphatic carbocycles. The SMILES string of the molecule is CCCc1nc(C)cc(C)c1C=O. The van der Waals surface area contributed by atoms with Gasteiger partial charge >= 0.3 is 0 Å². The van der Waals surface area contributed by atoms with Crippen molar-refractivity contribution in [1.82, 2.24) is 4.98 Å². The van der Waals surface area contributed by atoms with Gasteiger partial charge in [-0.25, -0.2) is 0 Å². The lowest BCUT2D eigenvalue weighted by atomic mass is 10.0. The Kier molecular flexibility index (Phi) is 3.18. The minimum absolute atomic E-state index is 0.771. The molecule has 0 saturated heterocycles. The van der Waals surface area contributed by atoms with Crippen molar-refractivity contribution in [2.45, 2.75) is 33.6 Å². The highest BCUT2D eigenvalue weighted by molar-refractivity contribution is 5.78. The van der Waals surface area contributed by atoms with Gasteiger partial charge in [-0.1, -0.05) is 13.3 Å². The molecule has 0 aliphatic rings. The number of hydrogen-bond donors (Lipinski definition) is 0. The van der Waals surface area contributed by atoms with Crippen LogP contribution in [0.2, 0.25) is 0 Å². The highest BCUT2D eigenvalue weighted by Gasteiger charge is 2.06. The first-order valence-electron chi connectivity index (χ1n) is 4.61. The zero-order chi connectivity index (χ0) is 9.84. The standard InChI is InChI=1S/C11H15NO/c1-4-5-11-10(7-13)8(2)6-9(3)12-11/h6-7H,4-5H2,1-3H3. The summed E-state index contributed by atoms with van der Waals surface area (Å²) in [6.45, 7) is 6.01. The van der Waals surface area contributed by atoms with Gasteiger partial charge < -0.3 is 0 Å². The molecule has 1 heterocycles. The van der Waals surface area contributed by atoms with Crippen LogP contribution < -0.4 is 0 Å². The molecule has 0 aliphatic heterocycles. The second-order valence-corrected chi connectivity index (χ2v) is 3.31. The van der Waals surface area contributed by atoms with E-state index in [4.69, 9.17) is 0 Å². The van der Waals surface area contributed by atoms with Crippen molar-refractivity contribution in [1.29, 1.82) is 0 Å². The topological polar surface area (TPSA) is 30.0 Å². The van der Waals surface area contributed by atoms with Crippen LogP contribution in [0.25, 0.3) is 0 Å². The van der Waals surface area contributed by atoms with Gasteiger partial charge in [0.25, 0.3) is 0 Å². The molecule has 70 valence electrons. The highest BCUT2D eigenvalue weighted by atomic mass is 16.1. The smallest absolute Gasteiger partial charge is 0.152 e. The van der Waals surface area contributed by atoms with Crippen LogP contribution in [0.15, 0.2) is 6.07 Å². The third-order valence-electron chi connectivity index (χ3n) is 2.08. The van der Waals surface area contributed by atoms with Crippen LogP contribution in [0.5, 0.6) is 0 Å². The fraction of sp³-hybridized carbons (Fsp3) is 0.455. The molecule has 0 saturated carbocycles. The number of carbonyl (C=O) groups is 1. The van der Waals surface area contributed by atoms with Crippen LogP contribution in [0.1, 0.15) is 40.7 Å². The van der Waals surface area contributed by atoms with Crippen molar-refractivity contribution in [3.05, 3.63) is 28.6 Å². The molecule has 1 aromatic heterocycles. The molecule has 2 heteroatoms. The van der Waals surface area contributed by atoms with Crippen molar-refractivity contribution >= 4 is 6.29 Å². The molecule has 0 aromatic carbocycles. The molecule has 13 heavy (non-hydrogen) atoms. The minimum atomic E-state index is 0.771. The molecule has 0 amide bonds. The normalized spacial score (nSPS) is 10.1. The molecule has 2 nitrogen and oxygen atoms in total. The summed E-state index contributed by atoms with van der Waals surface area (Å²) in [6.07, 6.45) is 2.82. The van der Waals surface area contributed by atoms with Gasteiger partial charge in [0.2, 0.25) is 0 Å². The molecule has 0 N–H and O–H groups in total. The van der Waals surface area contributed by atoms with E-state index in [9.17, 15) is 4.79 Å². The van der Waals surface area contributed by atoms with Crippen LogP contribution in [0.3, 0.4) is 0 Å². The number of carbonyl (C=O) groups excluding carboxylic acids is 1. The summed E-state index contributed by atoms with van der Waals surface area (Å²) >= 11 is 0. The van der Waals surface area contributed by atoms with E-state index in [1.807, 2.05) is 19.9 Å². The number of aldehydes is 1. The largest absolute Gasteiger partial charge is 0.298 e. The van der Waals surface area contributed by atoms with Gasteiger partial charge in [-0.2, -0.15) is 0 Å². The molecule has 1 aromatic rings. The molecule has 0 fully saturated rings. The Labute approximate surface area is 79.0 Å². The summed E-state index contributed by atoms with van der Waals surface area (Å²) in [6, 6.07) is 1.95. The lowest BCUT2D eigenvalue weighted by Crippen LogP contribution is -2.01. The summed E-state index contributed by atoms with van der Waals surface area (Å²) in [5, 5.41) is 0. The summed E-state index contributed by atoms with van der Waals surface area (Å²) < 4.78 is 0. The van der Waals surface area contributed by atoms with Crippen LogP contribution in [-0.4, -0.2) is 11.3 Å². The van der Waals surface area contributed by atoms with E-state index in [0.717, 1.165) is 41.6 Å². The third kappa shape index (κ3) is 2.14. The zero-order valence-electron chi connectivity index (χ0n) is 8.42. The number of rotatable bonds is 3. The van der Waals surface area contributed by atoms with Gasteiger partial charge in [0, 0.05) is 11.3 Å². The Balaban J connectivity index is 3.20. The average molecular weight is 177 g/mol. The second-order valence-electron chi connectivity index (χ2n) is 3.31. The number of pyridine rings is 1. The fourth-order valence-corrected chi connectivity index (χ4v) is 1.51. The van der Waals surface area contributed by atoms with Crippen LogP contribution in [0, 0.1) is 13.8 Å². The Bertz CT molecular complexity index is 318. The predicted molar refractivity (Wildman–Crippen MR) is 53.1 cm³/mol. The first kappa shape index (κ1) is 9.90. The van der Waals surface area contributed by atoms with Crippen molar-refractivity contribution in [2.24, 2.45) is 0 Å². The average Bonchev–Trinajstić information content (AvgIpc) is 2.04. The molecule has 0 bridgehead atoms. The van der Waals surface area contributed by atoms with Gasteiger partial charge in [0.05, 0.1) is 5.69 Å². The lowest BCUT2D eigenvalue weighted by molar-refractivity contribution is 0.112. The summed E-state index contributed by atoms with van der Waals surface area (Å²) in [7, 11) is 0. The van der Waals surface area contributed by atoms with Crippen molar-refractivity contribution < 1.29 is 4.79 Å². The first-order chi connectivity index (χ1) is 6.19. The third-order valence-corrected chi connectivity index (χ3v) is 2.08. The van der Waals surface area contributed by atoms with E-state index < -0.39 is 0 Å². The van der Waals surface area contributed by atoms with E-state index in [-0.39, 0.29) is 0 Å². The number of nitrogens with zero attached hydrogens (tertiary/aromatic N) is 1. The van der Waals surface area contributed by atoms with Crippen LogP contribution >= 0.6 is 0 Å². The lowest BCUT2D eigenvalue weighted by Gasteiger charge is -2.06. The van der Waals surface area contributed by atoms with E-state index in [2.05, 4.69) is 11.9 Å². The van der Waals surface area contributed by atoms with E-state index in [1.165, 1.54) is 0 Å². The van der Waals surface area contributed by atoms with Crippen LogP contribution in [0.4, 0.5) is 0 Å². The van der Waals surface area contributed by atoms with E-state index >= 15 is 0 Å². The maximum atomic E-state index is 10.8. The van der Waals surface area contributed by atoms with Gasteiger partial charge in [-0.3, -0.25) is 9.78 Å². The van der Waals surface area contributed by atoms with Gasteiger partial charge in [0.15, 0.2) is 6.29 Å². The Morgan fingerprint density at radius 2 is 2.15 bits per heavy atom. The molecular formula is C11H15NO. The predicted octanol–water partition coefficient (Wildman–Crippen LogP) is 2.46. The Hall–Kier alpha value is -1.18. The maximum absolute atomic E-state index is 10.8. The summed E-state index contributed by atoms with van der Waals surface area (Å²) in [4.78, 5) is 15.2. The second kappa shape index (κ2) is 4.17. The molecule has 1 rings (SSSR count). The number of hydrogen-bond acceptors (Lipinski definition) is 2. The van der Waals surface area contributed by atoms with E-state index in [0.29, 0.717) is 0 Å². The number of aromatic nitrogens is 1. The fourth-order valence-electron chi connectivity index (χ4n) is 1.51. The van der Waals surface area contributed by atoms with Crippen molar-refractivity contribution in [3.8, 4) is 0 Å². The zero-order valence-corrected chi connectivity index (χ0v) is 8.42. The van der Waals surface area contributed by atoms with Crippen LogP contribution in [-0.2, 0) is 6.42 Å². The highest BCUT2D eigenvalue weighted by Crippen LogP contribution is 2.13. The Morgan fingerprint density at radius 3 is 2.69 bits per heavy atom. The monoisotopic (exact) mass is 177 g/mol. The first-order valence-corrected chi connectivity index (χ1v) is 4.61. The summed E-state index contributed by atoms with van der Waals surface area (Å²) in [5.74, 6) is 0. The molecule has 0 spiro atoms. The van der Waals surface area contributed by atoms with Crippen molar-refractivity contribution in [2.75, 3.05) is 0 Å². The molecular weight excluding hydrogens is 162 g/mol. The van der Waals surface area contributed by atoms with Gasteiger partial charge in [-0.15, -0.1) is 0 Å². The number of aryl methyl sites for hydroxylation is 3. The maximum Gasteiger partial charge on any atom is 0.152 e. The molecule has 0 radical (unpaired) electrons. The Morgan fingerprint density at radius 1 is 1.46 bits per heavy atom. The van der Waals surface area contributed by atoms with Gasteiger partial charge in [-0.05, 0) is 31.9 Å². The van der Waals surface area contributed by atoms with E-state index in [1.54, 1.807) is 0 Å². The minimum Gasteiger partial charge on any atom is -0.298 e. The summed E-state index contributed by atoms with van der Waals surface area (Å²) in [5.41, 5.74) is 3.74. The molecule has 0 atom stereocenters. The van der Waals surface area contributed by atoms with Gasteiger partial charge in [0.1, 0.15) is 0 Å². The quantitative estimate of drug-likeness (QED) is 0.664.